The molecule has 7 nitrogen and oxygen atoms in total. The van der Waals surface area contributed by atoms with E-state index in [4.69, 9.17) is 14.2 Å². The number of benzene rings is 3. The Hall–Kier alpha value is -3.42. The summed E-state index contributed by atoms with van der Waals surface area (Å²) in [4.78, 5) is 3.39. The molecule has 0 spiro atoms. The number of fused-ring (bicyclic) bond motifs is 3. The Morgan fingerprint density at radius 1 is 0.935 bits per heavy atom. The summed E-state index contributed by atoms with van der Waals surface area (Å²) in [6.07, 6.45) is -0.671. The lowest BCUT2D eigenvalue weighted by Crippen LogP contribution is -2.33. The number of hydrogen-bond acceptors (Lipinski definition) is 6. The maximum Gasteiger partial charge on any atom is 0.164 e. The standard InChI is InChI=1S/C24H26N2O5/c1-29-21-10-9-16(27)13-23(21)30-12-11-25-14-17(28)15-31-22-8-4-7-20-24(22)18-5-2-3-6-19(18)26-20/h2-10,13,17,25-28H,11-12,14-15H2,1H3/t17-/m1/s1. The Balaban J connectivity index is 1.26. The number of aromatic hydroxyl groups is 1. The van der Waals surface area contributed by atoms with Gasteiger partial charge >= 0.3 is 0 Å². The van der Waals surface area contributed by atoms with Crippen LogP contribution in [0.4, 0.5) is 0 Å². The molecular formula is C24H26N2O5. The lowest BCUT2D eigenvalue weighted by Gasteiger charge is -2.15. The number of hydrogen-bond donors (Lipinski definition) is 4. The molecule has 4 rings (SSSR count). The summed E-state index contributed by atoms with van der Waals surface area (Å²) in [5.74, 6) is 1.88. The number of aromatic amines is 1. The van der Waals surface area contributed by atoms with Crippen molar-refractivity contribution < 1.29 is 24.4 Å². The van der Waals surface area contributed by atoms with E-state index in [0.717, 1.165) is 27.6 Å². The van der Waals surface area contributed by atoms with Gasteiger partial charge in [-0.15, -0.1) is 0 Å². The van der Waals surface area contributed by atoms with Gasteiger partial charge in [0.05, 0.1) is 12.6 Å². The molecule has 1 atom stereocenters. The van der Waals surface area contributed by atoms with Crippen molar-refractivity contribution in [3.8, 4) is 23.0 Å². The van der Waals surface area contributed by atoms with E-state index in [0.29, 0.717) is 31.2 Å². The molecule has 31 heavy (non-hydrogen) atoms. The van der Waals surface area contributed by atoms with Gasteiger partial charge in [0.25, 0.3) is 0 Å². The molecule has 1 heterocycles. The minimum Gasteiger partial charge on any atom is -0.508 e. The molecule has 162 valence electrons. The van der Waals surface area contributed by atoms with Gasteiger partial charge in [-0.1, -0.05) is 24.3 Å². The molecule has 0 aliphatic carbocycles. The zero-order valence-electron chi connectivity index (χ0n) is 17.3. The second-order valence-electron chi connectivity index (χ2n) is 7.20. The number of nitrogens with one attached hydrogen (secondary N) is 2. The van der Waals surface area contributed by atoms with E-state index < -0.39 is 6.10 Å². The molecule has 3 aromatic carbocycles. The zero-order chi connectivity index (χ0) is 21.6. The molecule has 0 amide bonds. The van der Waals surface area contributed by atoms with E-state index in [-0.39, 0.29) is 12.4 Å². The van der Waals surface area contributed by atoms with Crippen molar-refractivity contribution in [3.05, 3.63) is 60.7 Å². The number of rotatable bonds is 10. The number of aromatic nitrogens is 1. The maximum atomic E-state index is 10.3. The fourth-order valence-electron chi connectivity index (χ4n) is 3.51. The Morgan fingerprint density at radius 3 is 2.65 bits per heavy atom. The summed E-state index contributed by atoms with van der Waals surface area (Å²) in [5, 5.41) is 25.1. The van der Waals surface area contributed by atoms with Crippen LogP contribution in [0.5, 0.6) is 23.0 Å². The first-order chi connectivity index (χ1) is 15.2. The highest BCUT2D eigenvalue weighted by Crippen LogP contribution is 2.33. The first kappa shape index (κ1) is 20.8. The number of H-pyrrole nitrogens is 1. The normalized spacial score (nSPS) is 12.2. The molecule has 0 saturated heterocycles. The van der Waals surface area contributed by atoms with Gasteiger partial charge in [-0.05, 0) is 30.3 Å². The molecule has 0 radical (unpaired) electrons. The topological polar surface area (TPSA) is 96.0 Å². The Kier molecular flexibility index (Phi) is 6.45. The summed E-state index contributed by atoms with van der Waals surface area (Å²) in [5.41, 5.74) is 2.06. The van der Waals surface area contributed by atoms with Gasteiger partial charge in [0.15, 0.2) is 11.5 Å². The number of para-hydroxylation sites is 1. The van der Waals surface area contributed by atoms with Crippen LogP contribution in [0.25, 0.3) is 21.8 Å². The summed E-state index contributed by atoms with van der Waals surface area (Å²) in [7, 11) is 1.55. The molecule has 1 aromatic heterocycles. The third kappa shape index (κ3) is 4.84. The highest BCUT2D eigenvalue weighted by molar-refractivity contribution is 6.10. The molecule has 4 aromatic rings. The van der Waals surface area contributed by atoms with Crippen LogP contribution >= 0.6 is 0 Å². The van der Waals surface area contributed by atoms with Crippen LogP contribution in [0, 0.1) is 0 Å². The Morgan fingerprint density at radius 2 is 1.77 bits per heavy atom. The quantitative estimate of drug-likeness (QED) is 0.293. The van der Waals surface area contributed by atoms with Gasteiger partial charge in [0.1, 0.15) is 30.8 Å². The molecule has 7 heteroatoms. The predicted octanol–water partition coefficient (Wildman–Crippen LogP) is 3.44. The summed E-state index contributed by atoms with van der Waals surface area (Å²) >= 11 is 0. The number of aliphatic hydroxyl groups is 1. The molecule has 0 aliphatic rings. The number of phenolic OH excluding ortho intramolecular Hbond substituents is 1. The summed E-state index contributed by atoms with van der Waals surface area (Å²) in [6, 6.07) is 18.6. The molecule has 0 bridgehead atoms. The van der Waals surface area contributed by atoms with Crippen LogP contribution in [-0.2, 0) is 0 Å². The highest BCUT2D eigenvalue weighted by atomic mass is 16.5. The van der Waals surface area contributed by atoms with Crippen LogP contribution in [-0.4, -0.2) is 54.7 Å². The van der Waals surface area contributed by atoms with Crippen LogP contribution in [0.2, 0.25) is 0 Å². The van der Waals surface area contributed by atoms with E-state index in [1.54, 1.807) is 13.2 Å². The van der Waals surface area contributed by atoms with Gasteiger partial charge in [-0.2, -0.15) is 0 Å². The van der Waals surface area contributed by atoms with Gasteiger partial charge in [0.2, 0.25) is 0 Å². The van der Waals surface area contributed by atoms with Crippen molar-refractivity contribution in [2.24, 2.45) is 0 Å². The van der Waals surface area contributed by atoms with E-state index >= 15 is 0 Å². The van der Waals surface area contributed by atoms with Crippen LogP contribution < -0.4 is 19.5 Å². The molecule has 0 aliphatic heterocycles. The van der Waals surface area contributed by atoms with Gasteiger partial charge in [-0.3, -0.25) is 0 Å². The first-order valence-electron chi connectivity index (χ1n) is 10.2. The molecule has 0 fully saturated rings. The molecule has 0 unspecified atom stereocenters. The van der Waals surface area contributed by atoms with Crippen molar-refractivity contribution in [2.75, 3.05) is 33.4 Å². The predicted molar refractivity (Wildman–Crippen MR) is 120 cm³/mol. The minimum absolute atomic E-state index is 0.113. The average Bonchev–Trinajstić information content (AvgIpc) is 3.17. The van der Waals surface area contributed by atoms with Crippen LogP contribution in [0.1, 0.15) is 0 Å². The second-order valence-corrected chi connectivity index (χ2v) is 7.20. The number of methoxy groups -OCH3 is 1. The SMILES string of the molecule is COc1ccc(O)cc1OCCNC[C@@H](O)COc1cccc2[nH]c3ccccc3c12. The fraction of sp³-hybridized carbons (Fsp3) is 0.250. The molecule has 4 N–H and O–H groups in total. The molecular weight excluding hydrogens is 396 g/mol. The average molecular weight is 422 g/mol. The third-order valence-electron chi connectivity index (χ3n) is 4.99. The minimum atomic E-state index is -0.671. The van der Waals surface area contributed by atoms with Gasteiger partial charge in [0, 0.05) is 35.4 Å². The fourth-order valence-corrected chi connectivity index (χ4v) is 3.51. The zero-order valence-corrected chi connectivity index (χ0v) is 17.3. The number of phenols is 1. The highest BCUT2D eigenvalue weighted by Gasteiger charge is 2.11. The van der Waals surface area contributed by atoms with Crippen LogP contribution in [0.15, 0.2) is 60.7 Å². The Bertz CT molecular complexity index is 1160. The Labute approximate surface area is 180 Å². The van der Waals surface area contributed by atoms with E-state index in [2.05, 4.69) is 16.4 Å². The lowest BCUT2D eigenvalue weighted by atomic mass is 10.1. The van der Waals surface area contributed by atoms with Gasteiger partial charge in [-0.25, -0.2) is 0 Å². The number of aliphatic hydroxyl groups excluding tert-OH is 1. The largest absolute Gasteiger partial charge is 0.508 e. The van der Waals surface area contributed by atoms with Gasteiger partial charge < -0.3 is 34.7 Å². The summed E-state index contributed by atoms with van der Waals surface area (Å²) in [6.45, 7) is 1.42. The van der Waals surface area contributed by atoms with Crippen molar-refractivity contribution in [3.63, 3.8) is 0 Å². The van der Waals surface area contributed by atoms with Crippen molar-refractivity contribution in [1.82, 2.24) is 10.3 Å². The van der Waals surface area contributed by atoms with Crippen molar-refractivity contribution in [2.45, 2.75) is 6.10 Å². The summed E-state index contributed by atoms with van der Waals surface area (Å²) < 4.78 is 16.8. The van der Waals surface area contributed by atoms with Crippen LogP contribution in [0.3, 0.4) is 0 Å². The lowest BCUT2D eigenvalue weighted by molar-refractivity contribution is 0.106. The van der Waals surface area contributed by atoms with E-state index in [1.807, 2.05) is 36.4 Å². The second kappa shape index (κ2) is 9.59. The molecule has 0 saturated carbocycles. The van der Waals surface area contributed by atoms with E-state index in [1.165, 1.54) is 12.1 Å². The smallest absolute Gasteiger partial charge is 0.164 e. The van der Waals surface area contributed by atoms with E-state index in [9.17, 15) is 10.2 Å². The number of ether oxygens (including phenoxy) is 3. The maximum absolute atomic E-state index is 10.3. The van der Waals surface area contributed by atoms with Crippen molar-refractivity contribution in [1.29, 1.82) is 0 Å². The van der Waals surface area contributed by atoms with Crippen molar-refractivity contribution >= 4 is 21.8 Å². The first-order valence-corrected chi connectivity index (χ1v) is 10.2. The third-order valence-corrected chi connectivity index (χ3v) is 4.99. The monoisotopic (exact) mass is 422 g/mol.